The van der Waals surface area contributed by atoms with Crippen LogP contribution in [-0.4, -0.2) is 38.3 Å². The van der Waals surface area contributed by atoms with E-state index in [2.05, 4.69) is 20.4 Å². The second-order valence-electron chi connectivity index (χ2n) is 5.68. The minimum absolute atomic E-state index is 0.0310. The highest BCUT2D eigenvalue weighted by Gasteiger charge is 2.29. The number of hydrogen-bond donors (Lipinski definition) is 1. The minimum atomic E-state index is -4.52. The normalized spacial score (nSPS) is 11.6. The number of carbonyl (C=O) groups excluding carboxylic acids is 1. The molecule has 0 aliphatic carbocycles. The highest BCUT2D eigenvalue weighted by Crippen LogP contribution is 2.30. The molecule has 3 rings (SSSR count). The Morgan fingerprint density at radius 1 is 1.26 bits per heavy atom. The molecule has 0 spiro atoms. The zero-order valence-corrected chi connectivity index (χ0v) is 14.9. The zero-order chi connectivity index (χ0) is 19.8. The number of rotatable bonds is 4. The fourth-order valence-corrected chi connectivity index (χ4v) is 2.50. The maximum atomic E-state index is 12.4. The zero-order valence-electron chi connectivity index (χ0n) is 14.1. The van der Waals surface area contributed by atoms with Gasteiger partial charge in [-0.25, -0.2) is 9.50 Å². The van der Waals surface area contributed by atoms with E-state index in [0.29, 0.717) is 5.69 Å². The standard InChI is InChI=1S/C16H13ClF3N5O2/c1-8-5-9(2)25-15(21-8)23-13(24-25)14(26)22-11-6-10(17)3-4-12(11)27-7-16(18,19)20/h3-6H,7H2,1-2H3,(H,22,26). The Labute approximate surface area is 156 Å². The molecule has 1 amide bonds. The predicted octanol–water partition coefficient (Wildman–Crippen LogP) is 3.59. The number of hydrogen-bond acceptors (Lipinski definition) is 5. The van der Waals surface area contributed by atoms with E-state index < -0.39 is 18.7 Å². The van der Waals surface area contributed by atoms with Crippen molar-refractivity contribution < 1.29 is 22.7 Å². The lowest BCUT2D eigenvalue weighted by molar-refractivity contribution is -0.153. The van der Waals surface area contributed by atoms with E-state index in [1.807, 2.05) is 0 Å². The Balaban J connectivity index is 1.87. The summed E-state index contributed by atoms with van der Waals surface area (Å²) in [5.74, 6) is -0.883. The van der Waals surface area contributed by atoms with Gasteiger partial charge in [-0.05, 0) is 38.1 Å². The molecule has 3 aromatic rings. The Hall–Kier alpha value is -2.88. The molecule has 27 heavy (non-hydrogen) atoms. The molecule has 0 aliphatic heterocycles. The molecule has 0 bridgehead atoms. The number of nitrogens with one attached hydrogen (secondary N) is 1. The first kappa shape index (κ1) is 18.9. The van der Waals surface area contributed by atoms with Crippen LogP contribution in [0.3, 0.4) is 0 Å². The minimum Gasteiger partial charge on any atom is -0.482 e. The maximum absolute atomic E-state index is 12.4. The van der Waals surface area contributed by atoms with Gasteiger partial charge in [-0.15, -0.1) is 5.10 Å². The second kappa shape index (κ2) is 7.03. The first-order valence-corrected chi connectivity index (χ1v) is 8.02. The summed E-state index contributed by atoms with van der Waals surface area (Å²) in [6.07, 6.45) is -4.52. The number of nitrogens with zero attached hydrogens (tertiary/aromatic N) is 4. The van der Waals surface area contributed by atoms with Gasteiger partial charge in [0, 0.05) is 16.4 Å². The summed E-state index contributed by atoms with van der Waals surface area (Å²) in [6, 6.07) is 5.62. The number of amides is 1. The van der Waals surface area contributed by atoms with Crippen molar-refractivity contribution in [3.63, 3.8) is 0 Å². The number of alkyl halides is 3. The van der Waals surface area contributed by atoms with Crippen LogP contribution < -0.4 is 10.1 Å². The van der Waals surface area contributed by atoms with Crippen molar-refractivity contribution in [2.24, 2.45) is 0 Å². The predicted molar refractivity (Wildman–Crippen MR) is 91.2 cm³/mol. The highest BCUT2D eigenvalue weighted by molar-refractivity contribution is 6.31. The summed E-state index contributed by atoms with van der Waals surface area (Å²) in [7, 11) is 0. The second-order valence-corrected chi connectivity index (χ2v) is 6.12. The lowest BCUT2D eigenvalue weighted by atomic mass is 10.3. The van der Waals surface area contributed by atoms with E-state index in [1.165, 1.54) is 22.7 Å². The summed E-state index contributed by atoms with van der Waals surface area (Å²) >= 11 is 5.86. The summed E-state index contributed by atoms with van der Waals surface area (Å²) in [4.78, 5) is 20.7. The van der Waals surface area contributed by atoms with Crippen molar-refractivity contribution in [2.45, 2.75) is 20.0 Å². The molecule has 1 aromatic carbocycles. The number of aromatic nitrogens is 4. The van der Waals surface area contributed by atoms with Crippen molar-refractivity contribution >= 4 is 29.0 Å². The molecule has 1 N–H and O–H groups in total. The van der Waals surface area contributed by atoms with Crippen molar-refractivity contribution in [2.75, 3.05) is 11.9 Å². The van der Waals surface area contributed by atoms with Gasteiger partial charge >= 0.3 is 6.18 Å². The Bertz CT molecular complexity index is 1020. The van der Waals surface area contributed by atoms with Crippen LogP contribution in [0.2, 0.25) is 5.02 Å². The van der Waals surface area contributed by atoms with Gasteiger partial charge in [-0.2, -0.15) is 18.2 Å². The van der Waals surface area contributed by atoms with Crippen molar-refractivity contribution in [1.82, 2.24) is 19.6 Å². The monoisotopic (exact) mass is 399 g/mol. The molecule has 142 valence electrons. The molecule has 0 unspecified atom stereocenters. The van der Waals surface area contributed by atoms with E-state index in [4.69, 9.17) is 16.3 Å². The van der Waals surface area contributed by atoms with Crippen LogP contribution >= 0.6 is 11.6 Å². The SMILES string of the molecule is Cc1cc(C)n2nc(C(=O)Nc3cc(Cl)ccc3OCC(F)(F)F)nc2n1. The first-order chi connectivity index (χ1) is 12.6. The molecule has 2 heterocycles. The number of fused-ring (bicyclic) bond motifs is 1. The average molecular weight is 400 g/mol. The number of aryl methyl sites for hydroxylation is 2. The average Bonchev–Trinajstić information content (AvgIpc) is 2.97. The molecule has 0 fully saturated rings. The molecular formula is C16H13ClF3N5O2. The molecule has 0 atom stereocenters. The van der Waals surface area contributed by atoms with Crippen LogP contribution in [0.4, 0.5) is 18.9 Å². The lowest BCUT2D eigenvalue weighted by Gasteiger charge is -2.13. The van der Waals surface area contributed by atoms with Crippen molar-refractivity contribution in [3.8, 4) is 5.75 Å². The van der Waals surface area contributed by atoms with E-state index in [9.17, 15) is 18.0 Å². The molecule has 0 saturated carbocycles. The molecule has 0 radical (unpaired) electrons. The Morgan fingerprint density at radius 2 is 2.00 bits per heavy atom. The van der Waals surface area contributed by atoms with Gasteiger partial charge in [-0.1, -0.05) is 11.6 Å². The van der Waals surface area contributed by atoms with Gasteiger partial charge in [0.1, 0.15) is 5.75 Å². The number of benzene rings is 1. The molecule has 11 heteroatoms. The van der Waals surface area contributed by atoms with Crippen LogP contribution in [0.15, 0.2) is 24.3 Å². The third-order valence-electron chi connectivity index (χ3n) is 3.40. The van der Waals surface area contributed by atoms with Gasteiger partial charge in [0.15, 0.2) is 6.61 Å². The number of carbonyl (C=O) groups is 1. The molecular weight excluding hydrogens is 387 g/mol. The fraction of sp³-hybridized carbons (Fsp3) is 0.250. The van der Waals surface area contributed by atoms with Crippen LogP contribution in [0.1, 0.15) is 22.0 Å². The third kappa shape index (κ3) is 4.45. The third-order valence-corrected chi connectivity index (χ3v) is 3.64. The quantitative estimate of drug-likeness (QED) is 0.725. The van der Waals surface area contributed by atoms with E-state index in [1.54, 1.807) is 19.9 Å². The Kier molecular flexibility index (Phi) is 4.92. The topological polar surface area (TPSA) is 81.4 Å². The van der Waals surface area contributed by atoms with Crippen LogP contribution in [0.5, 0.6) is 5.75 Å². The largest absolute Gasteiger partial charge is 0.482 e. The fourth-order valence-electron chi connectivity index (χ4n) is 2.33. The molecule has 0 saturated heterocycles. The van der Waals surface area contributed by atoms with E-state index >= 15 is 0 Å². The van der Waals surface area contributed by atoms with Gasteiger partial charge in [0.25, 0.3) is 11.7 Å². The van der Waals surface area contributed by atoms with Gasteiger partial charge in [0.05, 0.1) is 5.69 Å². The number of ether oxygens (including phenoxy) is 1. The summed E-state index contributed by atoms with van der Waals surface area (Å²) in [6.45, 7) is 2.04. The smallest absolute Gasteiger partial charge is 0.422 e. The van der Waals surface area contributed by atoms with E-state index in [-0.39, 0.29) is 28.1 Å². The number of halogens is 4. The van der Waals surface area contributed by atoms with Gasteiger partial charge in [0.2, 0.25) is 5.82 Å². The highest BCUT2D eigenvalue weighted by atomic mass is 35.5. The molecule has 0 aliphatic rings. The van der Waals surface area contributed by atoms with Gasteiger partial charge in [-0.3, -0.25) is 4.79 Å². The van der Waals surface area contributed by atoms with Crippen LogP contribution in [0, 0.1) is 13.8 Å². The van der Waals surface area contributed by atoms with Gasteiger partial charge < -0.3 is 10.1 Å². The lowest BCUT2D eigenvalue weighted by Crippen LogP contribution is -2.20. The Morgan fingerprint density at radius 3 is 2.70 bits per heavy atom. The van der Waals surface area contributed by atoms with Crippen molar-refractivity contribution in [1.29, 1.82) is 0 Å². The molecule has 2 aromatic heterocycles. The summed E-state index contributed by atoms with van der Waals surface area (Å²) in [5.41, 5.74) is 1.40. The summed E-state index contributed by atoms with van der Waals surface area (Å²) in [5, 5.41) is 6.69. The van der Waals surface area contributed by atoms with Crippen LogP contribution in [0.25, 0.3) is 5.78 Å². The number of anilines is 1. The molecule has 7 nitrogen and oxygen atoms in total. The first-order valence-electron chi connectivity index (χ1n) is 7.64. The van der Waals surface area contributed by atoms with Crippen molar-refractivity contribution in [3.05, 3.63) is 46.5 Å². The maximum Gasteiger partial charge on any atom is 0.422 e. The van der Waals surface area contributed by atoms with Crippen LogP contribution in [-0.2, 0) is 0 Å². The van der Waals surface area contributed by atoms with E-state index in [0.717, 1.165) is 5.69 Å². The summed E-state index contributed by atoms with van der Waals surface area (Å²) < 4.78 is 43.3.